The zero-order valence-electron chi connectivity index (χ0n) is 10.7. The van der Waals surface area contributed by atoms with Crippen molar-refractivity contribution in [2.75, 3.05) is 11.9 Å². The van der Waals surface area contributed by atoms with E-state index in [2.05, 4.69) is 16.4 Å². The van der Waals surface area contributed by atoms with E-state index >= 15 is 0 Å². The van der Waals surface area contributed by atoms with E-state index in [0.29, 0.717) is 6.04 Å². The first kappa shape index (κ1) is 11.5. The Balaban J connectivity index is 1.72. The van der Waals surface area contributed by atoms with E-state index in [0.717, 1.165) is 30.8 Å². The molecule has 4 nitrogen and oxygen atoms in total. The predicted molar refractivity (Wildman–Crippen MR) is 70.2 cm³/mol. The lowest BCUT2D eigenvalue weighted by Gasteiger charge is -2.23. The molecule has 0 unspecified atom stereocenters. The monoisotopic (exact) mass is 245 g/mol. The highest BCUT2D eigenvalue weighted by molar-refractivity contribution is 5.74. The van der Waals surface area contributed by atoms with Crippen molar-refractivity contribution < 1.29 is 4.79 Å². The molecule has 2 aliphatic rings. The maximum Gasteiger partial charge on any atom is 0.219 e. The molecule has 1 aromatic rings. The summed E-state index contributed by atoms with van der Waals surface area (Å²) in [6.45, 7) is 2.52. The van der Waals surface area contributed by atoms with Gasteiger partial charge in [-0.25, -0.2) is 4.98 Å². The highest BCUT2D eigenvalue weighted by atomic mass is 16.2. The SMILES string of the molecule is CC(=O)N1CCC[C@@H]1c1ccc(NC2CC2)nc1. The normalized spacial score (nSPS) is 23.2. The number of nitrogens with one attached hydrogen (secondary N) is 1. The Bertz CT molecular complexity index is 439. The summed E-state index contributed by atoms with van der Waals surface area (Å²) in [5, 5.41) is 3.38. The number of hydrogen-bond donors (Lipinski definition) is 1. The van der Waals surface area contributed by atoms with Gasteiger partial charge in [0.1, 0.15) is 5.82 Å². The molecule has 1 aromatic heterocycles. The number of likely N-dealkylation sites (tertiary alicyclic amines) is 1. The van der Waals surface area contributed by atoms with E-state index in [9.17, 15) is 4.79 Å². The van der Waals surface area contributed by atoms with Gasteiger partial charge in [0.2, 0.25) is 5.91 Å². The van der Waals surface area contributed by atoms with Gasteiger partial charge in [0.05, 0.1) is 6.04 Å². The molecule has 1 saturated heterocycles. The van der Waals surface area contributed by atoms with Crippen molar-refractivity contribution in [2.45, 2.75) is 44.7 Å². The van der Waals surface area contributed by atoms with Gasteiger partial charge in [-0.1, -0.05) is 6.07 Å². The van der Waals surface area contributed by atoms with Gasteiger partial charge < -0.3 is 10.2 Å². The molecular formula is C14H19N3O. The molecule has 1 aliphatic heterocycles. The van der Waals surface area contributed by atoms with Crippen LogP contribution in [0.4, 0.5) is 5.82 Å². The second kappa shape index (κ2) is 4.59. The van der Waals surface area contributed by atoms with Crippen LogP contribution in [0.25, 0.3) is 0 Å². The lowest BCUT2D eigenvalue weighted by Crippen LogP contribution is -2.28. The molecule has 2 heterocycles. The average molecular weight is 245 g/mol. The van der Waals surface area contributed by atoms with Crippen molar-refractivity contribution in [1.82, 2.24) is 9.88 Å². The number of carbonyl (C=O) groups excluding carboxylic acids is 1. The molecule has 0 spiro atoms. The van der Waals surface area contributed by atoms with Gasteiger partial charge in [-0.15, -0.1) is 0 Å². The Labute approximate surface area is 107 Å². The minimum atomic E-state index is 0.165. The summed E-state index contributed by atoms with van der Waals surface area (Å²) in [5.74, 6) is 1.12. The maximum atomic E-state index is 11.5. The molecule has 4 heteroatoms. The summed E-state index contributed by atoms with van der Waals surface area (Å²) >= 11 is 0. The second-order valence-corrected chi connectivity index (χ2v) is 5.27. The van der Waals surface area contributed by atoms with E-state index in [4.69, 9.17) is 0 Å². The van der Waals surface area contributed by atoms with Crippen molar-refractivity contribution in [3.8, 4) is 0 Å². The lowest BCUT2D eigenvalue weighted by atomic mass is 10.1. The third-order valence-corrected chi connectivity index (χ3v) is 3.76. The topological polar surface area (TPSA) is 45.2 Å². The van der Waals surface area contributed by atoms with Gasteiger partial charge in [0, 0.05) is 25.7 Å². The summed E-state index contributed by atoms with van der Waals surface area (Å²) < 4.78 is 0. The predicted octanol–water partition coefficient (Wildman–Crippen LogP) is 2.34. The summed E-state index contributed by atoms with van der Waals surface area (Å²) in [6.07, 6.45) is 6.56. The van der Waals surface area contributed by atoms with Crippen molar-refractivity contribution in [1.29, 1.82) is 0 Å². The van der Waals surface area contributed by atoms with Crippen molar-refractivity contribution in [3.63, 3.8) is 0 Å². The summed E-state index contributed by atoms with van der Waals surface area (Å²) in [6, 6.07) is 4.99. The third kappa shape index (κ3) is 2.33. The van der Waals surface area contributed by atoms with Crippen LogP contribution in [0, 0.1) is 0 Å². The summed E-state index contributed by atoms with van der Waals surface area (Å²) in [4.78, 5) is 17.9. The van der Waals surface area contributed by atoms with Crippen LogP contribution in [0.3, 0.4) is 0 Å². The van der Waals surface area contributed by atoms with Crippen LogP contribution < -0.4 is 5.32 Å². The number of carbonyl (C=O) groups is 1. The number of hydrogen-bond acceptors (Lipinski definition) is 3. The number of pyridine rings is 1. The Morgan fingerprint density at radius 3 is 2.83 bits per heavy atom. The zero-order chi connectivity index (χ0) is 12.5. The van der Waals surface area contributed by atoms with Crippen LogP contribution in [-0.4, -0.2) is 28.4 Å². The number of amides is 1. The largest absolute Gasteiger partial charge is 0.367 e. The quantitative estimate of drug-likeness (QED) is 0.889. The van der Waals surface area contributed by atoms with Crippen LogP contribution in [0.5, 0.6) is 0 Å². The Kier molecular flexibility index (Phi) is 2.94. The summed E-state index contributed by atoms with van der Waals surface area (Å²) in [7, 11) is 0. The molecule has 0 aromatic carbocycles. The maximum absolute atomic E-state index is 11.5. The molecule has 0 radical (unpaired) electrons. The van der Waals surface area contributed by atoms with Crippen molar-refractivity contribution in [2.24, 2.45) is 0 Å². The van der Waals surface area contributed by atoms with Crippen LogP contribution in [0.1, 0.15) is 44.2 Å². The fourth-order valence-electron chi connectivity index (χ4n) is 2.61. The molecule has 1 N–H and O–H groups in total. The van der Waals surface area contributed by atoms with Gasteiger partial charge >= 0.3 is 0 Å². The molecule has 1 aliphatic carbocycles. The van der Waals surface area contributed by atoms with E-state index in [1.165, 1.54) is 12.8 Å². The molecule has 3 rings (SSSR count). The minimum absolute atomic E-state index is 0.165. The van der Waals surface area contributed by atoms with Crippen molar-refractivity contribution >= 4 is 11.7 Å². The first-order chi connectivity index (χ1) is 8.74. The fourth-order valence-corrected chi connectivity index (χ4v) is 2.61. The standard InChI is InChI=1S/C14H19N3O/c1-10(18)17-8-2-3-13(17)11-4-7-14(15-9-11)16-12-5-6-12/h4,7,9,12-13H,2-3,5-6,8H2,1H3,(H,15,16)/t13-/m1/s1. The minimum Gasteiger partial charge on any atom is -0.367 e. The first-order valence-electron chi connectivity index (χ1n) is 6.74. The molecule has 96 valence electrons. The second-order valence-electron chi connectivity index (χ2n) is 5.27. The van der Waals surface area contributed by atoms with Gasteiger partial charge in [-0.2, -0.15) is 0 Å². The molecule has 1 amide bonds. The van der Waals surface area contributed by atoms with Gasteiger partial charge in [-0.3, -0.25) is 4.79 Å². The highest BCUT2D eigenvalue weighted by Crippen LogP contribution is 2.32. The molecule has 1 atom stereocenters. The Morgan fingerprint density at radius 1 is 1.39 bits per heavy atom. The van der Waals surface area contributed by atoms with Gasteiger partial charge in [0.15, 0.2) is 0 Å². The van der Waals surface area contributed by atoms with Gasteiger partial charge in [-0.05, 0) is 37.3 Å². The molecular weight excluding hydrogens is 226 g/mol. The highest BCUT2D eigenvalue weighted by Gasteiger charge is 2.28. The number of rotatable bonds is 3. The van der Waals surface area contributed by atoms with Crippen LogP contribution >= 0.6 is 0 Å². The van der Waals surface area contributed by atoms with Crippen molar-refractivity contribution in [3.05, 3.63) is 23.9 Å². The Morgan fingerprint density at radius 2 is 2.22 bits per heavy atom. The molecule has 2 fully saturated rings. The van der Waals surface area contributed by atoms with E-state index in [1.54, 1.807) is 6.92 Å². The first-order valence-corrected chi connectivity index (χ1v) is 6.74. The van der Waals surface area contributed by atoms with Gasteiger partial charge in [0.25, 0.3) is 0 Å². The molecule has 18 heavy (non-hydrogen) atoms. The van der Waals surface area contributed by atoms with Crippen LogP contribution in [-0.2, 0) is 4.79 Å². The average Bonchev–Trinajstić information content (AvgIpc) is 3.04. The fraction of sp³-hybridized carbons (Fsp3) is 0.571. The smallest absolute Gasteiger partial charge is 0.219 e. The van der Waals surface area contributed by atoms with E-state index < -0.39 is 0 Å². The van der Waals surface area contributed by atoms with Crippen LogP contribution in [0.2, 0.25) is 0 Å². The number of aromatic nitrogens is 1. The zero-order valence-corrected chi connectivity index (χ0v) is 10.7. The number of anilines is 1. The Hall–Kier alpha value is -1.58. The molecule has 0 bridgehead atoms. The van der Waals surface area contributed by atoms with E-state index in [-0.39, 0.29) is 11.9 Å². The summed E-state index contributed by atoms with van der Waals surface area (Å²) in [5.41, 5.74) is 1.16. The van der Waals surface area contributed by atoms with E-state index in [1.807, 2.05) is 17.2 Å². The van der Waals surface area contributed by atoms with Crippen LogP contribution in [0.15, 0.2) is 18.3 Å². The molecule has 1 saturated carbocycles. The third-order valence-electron chi connectivity index (χ3n) is 3.76. The lowest BCUT2D eigenvalue weighted by molar-refractivity contribution is -0.129. The number of nitrogens with zero attached hydrogens (tertiary/aromatic N) is 2.